The van der Waals surface area contributed by atoms with Crippen LogP contribution in [0.1, 0.15) is 31.7 Å². The lowest BCUT2D eigenvalue weighted by atomic mass is 9.95. The van der Waals surface area contributed by atoms with Gasteiger partial charge in [0.2, 0.25) is 0 Å². The molecule has 1 N–H and O–H groups in total. The van der Waals surface area contributed by atoms with Crippen LogP contribution in [0, 0.1) is 11.6 Å². The van der Waals surface area contributed by atoms with Crippen LogP contribution in [-0.2, 0) is 29.4 Å². The Balaban J connectivity index is 3.00. The molecular weight excluding hydrogens is 346 g/mol. The Morgan fingerprint density at radius 1 is 1.29 bits per heavy atom. The normalized spacial score (nSPS) is 14.2. The SMILES string of the molecule is CCCCC(=O)OC[C@](O)(COS(C)(=O)=O)c1ccc(F)cc1F. The number of carbonyl (C=O) groups is 1. The first-order valence-corrected chi connectivity index (χ1v) is 9.07. The van der Waals surface area contributed by atoms with Crippen LogP contribution in [-0.4, -0.2) is 39.0 Å². The van der Waals surface area contributed by atoms with Gasteiger partial charge in [-0.25, -0.2) is 8.78 Å². The lowest BCUT2D eigenvalue weighted by molar-refractivity contribution is -0.154. The average molecular weight is 366 g/mol. The van der Waals surface area contributed by atoms with Crippen molar-refractivity contribution in [3.05, 3.63) is 35.4 Å². The molecule has 136 valence electrons. The van der Waals surface area contributed by atoms with Crippen LogP contribution in [0.3, 0.4) is 0 Å². The van der Waals surface area contributed by atoms with Crippen molar-refractivity contribution in [2.75, 3.05) is 19.5 Å². The first-order valence-electron chi connectivity index (χ1n) is 7.25. The standard InChI is InChI=1S/C15H20F2O6S/c1-3-4-5-14(18)22-9-15(19,10-23-24(2,20)21)12-7-6-11(16)8-13(12)17/h6-8,19H,3-5,9-10H2,1-2H3/t15-/m0/s1. The monoisotopic (exact) mass is 366 g/mol. The Morgan fingerprint density at radius 3 is 2.50 bits per heavy atom. The number of benzene rings is 1. The van der Waals surface area contributed by atoms with Crippen LogP contribution in [0.5, 0.6) is 0 Å². The van der Waals surface area contributed by atoms with Crippen molar-refractivity contribution in [2.45, 2.75) is 31.8 Å². The van der Waals surface area contributed by atoms with Gasteiger partial charge in [-0.15, -0.1) is 0 Å². The number of carbonyl (C=O) groups excluding carboxylic acids is 1. The Kier molecular flexibility index (Phi) is 7.25. The van der Waals surface area contributed by atoms with Gasteiger partial charge >= 0.3 is 5.97 Å². The van der Waals surface area contributed by atoms with E-state index in [1.54, 1.807) is 0 Å². The molecule has 0 heterocycles. The number of aliphatic hydroxyl groups is 1. The fourth-order valence-corrected chi connectivity index (χ4v) is 2.27. The second-order valence-corrected chi connectivity index (χ2v) is 7.03. The molecule has 0 saturated carbocycles. The molecule has 0 saturated heterocycles. The molecule has 0 radical (unpaired) electrons. The number of hydrogen-bond donors (Lipinski definition) is 1. The van der Waals surface area contributed by atoms with Gasteiger partial charge in [0.15, 0.2) is 5.60 Å². The second kappa shape index (κ2) is 8.50. The van der Waals surface area contributed by atoms with E-state index < -0.39 is 52.1 Å². The van der Waals surface area contributed by atoms with Crippen molar-refractivity contribution in [1.29, 1.82) is 0 Å². The summed E-state index contributed by atoms with van der Waals surface area (Å²) in [6, 6.07) is 2.36. The summed E-state index contributed by atoms with van der Waals surface area (Å²) in [6.07, 6.45) is 2.18. The topological polar surface area (TPSA) is 89.9 Å². The molecule has 0 unspecified atom stereocenters. The minimum absolute atomic E-state index is 0.103. The molecule has 0 aliphatic heterocycles. The maximum atomic E-state index is 13.9. The predicted molar refractivity (Wildman–Crippen MR) is 81.5 cm³/mol. The van der Waals surface area contributed by atoms with E-state index in [0.29, 0.717) is 12.5 Å². The number of ether oxygens (including phenoxy) is 1. The summed E-state index contributed by atoms with van der Waals surface area (Å²) in [4.78, 5) is 11.6. The zero-order chi connectivity index (χ0) is 18.4. The Bertz CT molecular complexity index is 677. The van der Waals surface area contributed by atoms with Gasteiger partial charge in [-0.3, -0.25) is 8.98 Å². The summed E-state index contributed by atoms with van der Waals surface area (Å²) in [5.41, 5.74) is -2.71. The van der Waals surface area contributed by atoms with Crippen molar-refractivity contribution in [3.8, 4) is 0 Å². The summed E-state index contributed by atoms with van der Waals surface area (Å²) >= 11 is 0. The fourth-order valence-electron chi connectivity index (χ4n) is 1.86. The van der Waals surface area contributed by atoms with E-state index in [4.69, 9.17) is 4.74 Å². The molecule has 0 aromatic heterocycles. The smallest absolute Gasteiger partial charge is 0.305 e. The van der Waals surface area contributed by atoms with Crippen LogP contribution >= 0.6 is 0 Å². The molecule has 9 heteroatoms. The van der Waals surface area contributed by atoms with Crippen molar-refractivity contribution in [3.63, 3.8) is 0 Å². The molecule has 0 bridgehead atoms. The summed E-state index contributed by atoms with van der Waals surface area (Å²) in [7, 11) is -3.94. The van der Waals surface area contributed by atoms with Crippen molar-refractivity contribution >= 4 is 16.1 Å². The largest absolute Gasteiger partial charge is 0.462 e. The fraction of sp³-hybridized carbons (Fsp3) is 0.533. The minimum Gasteiger partial charge on any atom is -0.462 e. The molecule has 0 aliphatic carbocycles. The number of rotatable bonds is 9. The van der Waals surface area contributed by atoms with Crippen LogP contribution in [0.2, 0.25) is 0 Å². The third kappa shape index (κ3) is 6.50. The number of esters is 1. The molecule has 24 heavy (non-hydrogen) atoms. The molecule has 1 atom stereocenters. The third-order valence-electron chi connectivity index (χ3n) is 3.15. The molecule has 0 aliphatic rings. The van der Waals surface area contributed by atoms with E-state index in [-0.39, 0.29) is 6.42 Å². The minimum atomic E-state index is -3.94. The lowest BCUT2D eigenvalue weighted by Crippen LogP contribution is -2.39. The molecule has 0 amide bonds. The molecule has 1 aromatic carbocycles. The van der Waals surface area contributed by atoms with E-state index in [0.717, 1.165) is 24.8 Å². The third-order valence-corrected chi connectivity index (χ3v) is 3.70. The van der Waals surface area contributed by atoms with Crippen molar-refractivity contribution in [2.24, 2.45) is 0 Å². The molecule has 6 nitrogen and oxygen atoms in total. The van der Waals surface area contributed by atoms with E-state index in [1.165, 1.54) is 0 Å². The first kappa shape index (κ1) is 20.5. The molecule has 1 rings (SSSR count). The number of halogens is 2. The predicted octanol–water partition coefficient (Wildman–Crippen LogP) is 1.86. The average Bonchev–Trinajstić information content (AvgIpc) is 2.48. The van der Waals surface area contributed by atoms with Crippen LogP contribution in [0.15, 0.2) is 18.2 Å². The molecular formula is C15H20F2O6S. The summed E-state index contributed by atoms with van der Waals surface area (Å²) < 4.78 is 58.7. The Labute approximate surface area is 139 Å². The van der Waals surface area contributed by atoms with E-state index >= 15 is 0 Å². The molecule has 0 fully saturated rings. The van der Waals surface area contributed by atoms with Gasteiger partial charge < -0.3 is 9.84 Å². The second-order valence-electron chi connectivity index (χ2n) is 5.39. The van der Waals surface area contributed by atoms with E-state index in [1.807, 2.05) is 6.92 Å². The maximum absolute atomic E-state index is 13.9. The Morgan fingerprint density at radius 2 is 1.96 bits per heavy atom. The van der Waals surface area contributed by atoms with Gasteiger partial charge in [0, 0.05) is 18.1 Å². The van der Waals surface area contributed by atoms with E-state index in [2.05, 4.69) is 4.18 Å². The lowest BCUT2D eigenvalue weighted by Gasteiger charge is -2.27. The van der Waals surface area contributed by atoms with E-state index in [9.17, 15) is 27.1 Å². The number of unbranched alkanes of at least 4 members (excludes halogenated alkanes) is 1. The Hall–Kier alpha value is -1.58. The van der Waals surface area contributed by atoms with Gasteiger partial charge in [0.25, 0.3) is 10.1 Å². The summed E-state index contributed by atoms with van der Waals surface area (Å²) in [5.74, 6) is -2.61. The van der Waals surface area contributed by atoms with Gasteiger partial charge in [-0.1, -0.05) is 19.4 Å². The quantitative estimate of drug-likeness (QED) is 0.530. The van der Waals surface area contributed by atoms with Gasteiger partial charge in [-0.05, 0) is 12.5 Å². The zero-order valence-electron chi connectivity index (χ0n) is 13.4. The van der Waals surface area contributed by atoms with Crippen LogP contribution in [0.4, 0.5) is 8.78 Å². The first-order chi connectivity index (χ1) is 11.1. The van der Waals surface area contributed by atoms with Crippen LogP contribution in [0.25, 0.3) is 0 Å². The van der Waals surface area contributed by atoms with Crippen LogP contribution < -0.4 is 0 Å². The summed E-state index contributed by atoms with van der Waals surface area (Å²) in [5, 5.41) is 10.6. The van der Waals surface area contributed by atoms with Crippen molar-refractivity contribution < 1.29 is 36.0 Å². The van der Waals surface area contributed by atoms with Crippen molar-refractivity contribution in [1.82, 2.24) is 0 Å². The number of hydrogen-bond acceptors (Lipinski definition) is 6. The van der Waals surface area contributed by atoms with Gasteiger partial charge in [-0.2, -0.15) is 8.42 Å². The zero-order valence-corrected chi connectivity index (χ0v) is 14.2. The molecule has 1 aromatic rings. The highest BCUT2D eigenvalue weighted by Gasteiger charge is 2.36. The summed E-state index contributed by atoms with van der Waals surface area (Å²) in [6.45, 7) is 0.264. The van der Waals surface area contributed by atoms with Gasteiger partial charge in [0.05, 0.1) is 6.26 Å². The molecule has 0 spiro atoms. The highest BCUT2D eigenvalue weighted by molar-refractivity contribution is 7.85. The maximum Gasteiger partial charge on any atom is 0.305 e. The highest BCUT2D eigenvalue weighted by atomic mass is 32.2. The highest BCUT2D eigenvalue weighted by Crippen LogP contribution is 2.26. The van der Waals surface area contributed by atoms with Gasteiger partial charge in [0.1, 0.15) is 24.8 Å².